The second-order valence-corrected chi connectivity index (χ2v) is 11.3. The minimum atomic E-state index is -0.410. The number of nitrogens with zero attached hydrogens (tertiary/aromatic N) is 2. The van der Waals surface area contributed by atoms with E-state index in [1.54, 1.807) is 0 Å². The van der Waals surface area contributed by atoms with Crippen LogP contribution in [-0.2, 0) is 11.2 Å². The summed E-state index contributed by atoms with van der Waals surface area (Å²) in [7, 11) is 0. The van der Waals surface area contributed by atoms with Gasteiger partial charge in [0.25, 0.3) is 0 Å². The fourth-order valence-electron chi connectivity index (χ4n) is 6.66. The zero-order chi connectivity index (χ0) is 27.6. The predicted molar refractivity (Wildman–Crippen MR) is 161 cm³/mol. The molecule has 5 nitrogen and oxygen atoms in total. The van der Waals surface area contributed by atoms with Crippen LogP contribution in [0.3, 0.4) is 0 Å². The number of benzene rings is 3. The summed E-state index contributed by atoms with van der Waals surface area (Å²) in [5.41, 5.74) is 8.80. The number of hydrogen-bond donors (Lipinski definition) is 2. The number of aromatic nitrogens is 2. The summed E-state index contributed by atoms with van der Waals surface area (Å²) in [5, 5.41) is 14.5. The maximum absolute atomic E-state index is 13.7. The fraction of sp³-hybridized carbons (Fsp3) is 0.314. The molecule has 5 aromatic rings. The lowest BCUT2D eigenvalue weighted by Crippen LogP contribution is -2.37. The van der Waals surface area contributed by atoms with Crippen LogP contribution >= 0.6 is 0 Å². The molecule has 5 heteroatoms. The number of carbonyl (C=O) groups excluding carboxylic acids is 1. The van der Waals surface area contributed by atoms with Gasteiger partial charge in [-0.15, -0.1) is 0 Å². The van der Waals surface area contributed by atoms with Gasteiger partial charge in [-0.05, 0) is 61.4 Å². The summed E-state index contributed by atoms with van der Waals surface area (Å²) < 4.78 is 2.26. The van der Waals surface area contributed by atoms with E-state index < -0.39 is 6.04 Å². The Kier molecular flexibility index (Phi) is 7.40. The first-order valence-corrected chi connectivity index (χ1v) is 14.4. The SMILES string of the molecule is Cc1cc(C)n2c(n1)c(Cc1ccc(C(C(=O)NC(CO)c3ccccc3)C3CCCC3)cc1)c1ccccc12. The Morgan fingerprint density at radius 2 is 1.65 bits per heavy atom. The van der Waals surface area contributed by atoms with E-state index >= 15 is 0 Å². The molecule has 6 rings (SSSR count). The van der Waals surface area contributed by atoms with Gasteiger partial charge in [0, 0.05) is 28.8 Å². The maximum Gasteiger partial charge on any atom is 0.228 e. The molecule has 2 N–H and O–H groups in total. The van der Waals surface area contributed by atoms with Gasteiger partial charge in [0.15, 0.2) is 0 Å². The van der Waals surface area contributed by atoms with E-state index in [1.165, 1.54) is 27.7 Å². The van der Waals surface area contributed by atoms with Crippen LogP contribution in [0.4, 0.5) is 0 Å². The van der Waals surface area contributed by atoms with E-state index in [1.807, 2.05) is 30.3 Å². The third-order valence-corrected chi connectivity index (χ3v) is 8.58. The molecule has 0 bridgehead atoms. The predicted octanol–water partition coefficient (Wildman–Crippen LogP) is 6.82. The van der Waals surface area contributed by atoms with Gasteiger partial charge in [0.1, 0.15) is 5.65 Å². The summed E-state index contributed by atoms with van der Waals surface area (Å²) in [6.07, 6.45) is 5.21. The van der Waals surface area contributed by atoms with Crippen molar-refractivity contribution < 1.29 is 9.90 Å². The minimum Gasteiger partial charge on any atom is -0.394 e. The molecule has 40 heavy (non-hydrogen) atoms. The lowest BCUT2D eigenvalue weighted by molar-refractivity contribution is -0.124. The van der Waals surface area contributed by atoms with Crippen molar-refractivity contribution in [3.63, 3.8) is 0 Å². The minimum absolute atomic E-state index is 0.00197. The highest BCUT2D eigenvalue weighted by Gasteiger charge is 2.33. The van der Waals surface area contributed by atoms with Crippen molar-refractivity contribution >= 4 is 22.5 Å². The average molecular weight is 532 g/mol. The lowest BCUT2D eigenvalue weighted by Gasteiger charge is -2.26. The average Bonchev–Trinajstić information content (AvgIpc) is 3.60. The number of fused-ring (bicyclic) bond motifs is 3. The van der Waals surface area contributed by atoms with E-state index in [0.29, 0.717) is 5.92 Å². The molecule has 0 spiro atoms. The topological polar surface area (TPSA) is 66.6 Å². The van der Waals surface area contributed by atoms with Crippen LogP contribution in [0.25, 0.3) is 16.6 Å². The Morgan fingerprint density at radius 1 is 0.950 bits per heavy atom. The Bertz CT molecular complexity index is 1630. The van der Waals surface area contributed by atoms with Crippen molar-refractivity contribution in [2.24, 2.45) is 5.92 Å². The third-order valence-electron chi connectivity index (χ3n) is 8.58. The van der Waals surface area contributed by atoms with Gasteiger partial charge in [-0.25, -0.2) is 4.98 Å². The van der Waals surface area contributed by atoms with Crippen molar-refractivity contribution in [1.82, 2.24) is 14.7 Å². The van der Waals surface area contributed by atoms with Crippen LogP contribution in [0.2, 0.25) is 0 Å². The molecule has 2 unspecified atom stereocenters. The molecule has 204 valence electrons. The van der Waals surface area contributed by atoms with Crippen LogP contribution < -0.4 is 5.32 Å². The van der Waals surface area contributed by atoms with Gasteiger partial charge in [-0.3, -0.25) is 9.20 Å². The van der Waals surface area contributed by atoms with Crippen LogP contribution in [0.15, 0.2) is 84.9 Å². The fourth-order valence-corrected chi connectivity index (χ4v) is 6.66. The number of hydrogen-bond acceptors (Lipinski definition) is 3. The number of carbonyl (C=O) groups is 1. The van der Waals surface area contributed by atoms with Crippen LogP contribution in [-0.4, -0.2) is 27.0 Å². The van der Waals surface area contributed by atoms with E-state index in [9.17, 15) is 9.90 Å². The molecule has 1 fully saturated rings. The molecule has 0 saturated heterocycles. The van der Waals surface area contributed by atoms with Gasteiger partial charge >= 0.3 is 0 Å². The van der Waals surface area contributed by atoms with E-state index in [-0.39, 0.29) is 18.4 Å². The monoisotopic (exact) mass is 531 g/mol. The summed E-state index contributed by atoms with van der Waals surface area (Å²) in [4.78, 5) is 18.7. The molecule has 2 atom stereocenters. The quantitative estimate of drug-likeness (QED) is 0.231. The number of aryl methyl sites for hydroxylation is 2. The summed E-state index contributed by atoms with van der Waals surface area (Å²) in [6, 6.07) is 28.6. The molecule has 0 aliphatic heterocycles. The maximum atomic E-state index is 13.7. The number of aliphatic hydroxyl groups excluding tert-OH is 1. The molecule has 2 aromatic heterocycles. The Labute approximate surface area is 235 Å². The zero-order valence-electron chi connectivity index (χ0n) is 23.3. The van der Waals surface area contributed by atoms with Crippen molar-refractivity contribution in [1.29, 1.82) is 0 Å². The van der Waals surface area contributed by atoms with E-state index in [4.69, 9.17) is 4.98 Å². The van der Waals surface area contributed by atoms with Gasteiger partial charge in [-0.1, -0.05) is 85.6 Å². The molecule has 0 radical (unpaired) electrons. The normalized spacial score (nSPS) is 15.5. The molecule has 3 aromatic carbocycles. The Morgan fingerprint density at radius 3 is 2.38 bits per heavy atom. The second kappa shape index (κ2) is 11.3. The number of rotatable bonds is 8. The molecule has 1 aliphatic rings. The molecule has 1 amide bonds. The number of aliphatic hydroxyl groups is 1. The highest BCUT2D eigenvalue weighted by atomic mass is 16.3. The molecule has 1 aliphatic carbocycles. The first-order valence-electron chi connectivity index (χ1n) is 14.4. The zero-order valence-corrected chi connectivity index (χ0v) is 23.3. The summed E-state index contributed by atoms with van der Waals surface area (Å²) >= 11 is 0. The Hall–Kier alpha value is -3.96. The second-order valence-electron chi connectivity index (χ2n) is 11.3. The van der Waals surface area contributed by atoms with E-state index in [0.717, 1.165) is 54.6 Å². The standard InChI is InChI=1S/C35H37N3O2/c1-23-20-24(2)38-32-15-9-8-14-29(32)30(34(38)36-23)21-25-16-18-28(19-17-25)33(27-12-6-7-13-27)35(40)37-31(22-39)26-10-4-3-5-11-26/h3-5,8-11,14-20,27,31,33,39H,6-7,12-13,21-22H2,1-2H3,(H,37,40). The Balaban J connectivity index is 1.30. The van der Waals surface area contributed by atoms with Crippen LogP contribution in [0, 0.1) is 19.8 Å². The smallest absolute Gasteiger partial charge is 0.228 e. The summed E-state index contributed by atoms with van der Waals surface area (Å²) in [6.45, 7) is 4.06. The van der Waals surface area contributed by atoms with Gasteiger partial charge in [0.05, 0.1) is 24.1 Å². The van der Waals surface area contributed by atoms with Crippen molar-refractivity contribution in [2.75, 3.05) is 6.61 Å². The highest BCUT2D eigenvalue weighted by molar-refractivity contribution is 5.91. The van der Waals surface area contributed by atoms with Crippen LogP contribution in [0.5, 0.6) is 0 Å². The third kappa shape index (κ3) is 5.02. The van der Waals surface area contributed by atoms with Gasteiger partial charge < -0.3 is 10.4 Å². The lowest BCUT2D eigenvalue weighted by atomic mass is 9.83. The molecule has 2 heterocycles. The first kappa shape index (κ1) is 26.3. The van der Waals surface area contributed by atoms with Crippen molar-refractivity contribution in [3.8, 4) is 0 Å². The van der Waals surface area contributed by atoms with Crippen molar-refractivity contribution in [3.05, 3.63) is 119 Å². The van der Waals surface area contributed by atoms with Gasteiger partial charge in [0.2, 0.25) is 5.91 Å². The van der Waals surface area contributed by atoms with Crippen molar-refractivity contribution in [2.45, 2.75) is 57.9 Å². The van der Waals surface area contributed by atoms with E-state index in [2.05, 4.69) is 78.2 Å². The molecular weight excluding hydrogens is 494 g/mol. The number of amides is 1. The van der Waals surface area contributed by atoms with Crippen LogP contribution in [0.1, 0.15) is 71.3 Å². The largest absolute Gasteiger partial charge is 0.394 e. The first-order chi connectivity index (χ1) is 19.5. The van der Waals surface area contributed by atoms with Gasteiger partial charge in [-0.2, -0.15) is 0 Å². The highest BCUT2D eigenvalue weighted by Crippen LogP contribution is 2.38. The molecule has 1 saturated carbocycles. The molecular formula is C35H37N3O2. The number of nitrogens with one attached hydrogen (secondary N) is 1. The number of para-hydroxylation sites is 1. The summed E-state index contributed by atoms with van der Waals surface area (Å²) in [5.74, 6) is 0.0926.